The van der Waals surface area contributed by atoms with E-state index in [2.05, 4.69) is 25.9 Å². The van der Waals surface area contributed by atoms with Crippen LogP contribution in [-0.4, -0.2) is 45.8 Å². The van der Waals surface area contributed by atoms with Crippen molar-refractivity contribution in [3.8, 4) is 11.1 Å². The number of rotatable bonds is 3. The molecule has 5 rings (SSSR count). The van der Waals surface area contributed by atoms with Crippen molar-refractivity contribution in [1.82, 2.24) is 19.6 Å². The third-order valence-corrected chi connectivity index (χ3v) is 5.31. The molecule has 0 radical (unpaired) electrons. The molecule has 0 atom stereocenters. The second-order valence-electron chi connectivity index (χ2n) is 7.22. The first-order chi connectivity index (χ1) is 14.2. The molecule has 6 nitrogen and oxygen atoms in total. The van der Waals surface area contributed by atoms with Gasteiger partial charge in [0, 0.05) is 49.7 Å². The lowest BCUT2D eigenvalue weighted by molar-refractivity contribution is 0.628. The number of hydrogen-bond acceptors (Lipinski definition) is 5. The number of aromatic nitrogens is 4. The molecule has 0 bridgehead atoms. The number of nitrogens with zero attached hydrogens (tertiary/aromatic N) is 6. The fourth-order valence-electron chi connectivity index (χ4n) is 3.83. The van der Waals surface area contributed by atoms with Crippen LogP contribution in [-0.2, 0) is 0 Å². The Hall–Kier alpha value is -3.48. The van der Waals surface area contributed by atoms with Gasteiger partial charge in [-0.1, -0.05) is 18.2 Å². The predicted molar refractivity (Wildman–Crippen MR) is 112 cm³/mol. The van der Waals surface area contributed by atoms with Gasteiger partial charge in [-0.05, 0) is 36.8 Å². The Kier molecular flexibility index (Phi) is 4.35. The average Bonchev–Trinajstić information content (AvgIpc) is 3.18. The Labute approximate surface area is 168 Å². The third kappa shape index (κ3) is 3.29. The number of benzene rings is 1. The fourth-order valence-corrected chi connectivity index (χ4v) is 3.83. The highest BCUT2D eigenvalue weighted by atomic mass is 19.1. The Balaban J connectivity index is 1.46. The van der Waals surface area contributed by atoms with Crippen LogP contribution in [0.15, 0.2) is 60.9 Å². The first-order valence-corrected chi connectivity index (χ1v) is 9.71. The van der Waals surface area contributed by atoms with Gasteiger partial charge in [-0.15, -0.1) is 0 Å². The second kappa shape index (κ2) is 7.16. The van der Waals surface area contributed by atoms with E-state index in [1.807, 2.05) is 42.0 Å². The highest BCUT2D eigenvalue weighted by Gasteiger charge is 2.22. The summed E-state index contributed by atoms with van der Waals surface area (Å²) < 4.78 is 15.2. The maximum absolute atomic E-state index is 13.3. The van der Waals surface area contributed by atoms with Crippen molar-refractivity contribution in [2.75, 3.05) is 36.0 Å². The van der Waals surface area contributed by atoms with Crippen LogP contribution in [0.5, 0.6) is 0 Å². The molecule has 146 valence electrons. The lowest BCUT2D eigenvalue weighted by atomic mass is 10.1. The standard InChI is InChI=1S/C22H21FN6/c1-16-14-21(28-12-10-27(11-13-28)20-4-2-3-9-24-20)29-22(26-16)19(15-25-29)17-5-7-18(23)8-6-17/h2-9,14-15H,10-13H2,1H3. The molecule has 4 aromatic rings. The van der Waals surface area contributed by atoms with E-state index in [0.717, 1.165) is 60.3 Å². The third-order valence-electron chi connectivity index (χ3n) is 5.31. The molecular formula is C22H21FN6. The number of aryl methyl sites for hydroxylation is 1. The number of pyridine rings is 1. The number of anilines is 2. The van der Waals surface area contributed by atoms with Gasteiger partial charge >= 0.3 is 0 Å². The highest BCUT2D eigenvalue weighted by Crippen LogP contribution is 2.28. The molecule has 0 unspecified atom stereocenters. The lowest BCUT2D eigenvalue weighted by Crippen LogP contribution is -2.47. The van der Waals surface area contributed by atoms with Crippen molar-refractivity contribution >= 4 is 17.3 Å². The molecule has 0 amide bonds. The van der Waals surface area contributed by atoms with Crippen molar-refractivity contribution in [2.45, 2.75) is 6.92 Å². The molecule has 0 spiro atoms. The quantitative estimate of drug-likeness (QED) is 0.537. The van der Waals surface area contributed by atoms with Gasteiger partial charge in [-0.3, -0.25) is 0 Å². The van der Waals surface area contributed by atoms with Crippen molar-refractivity contribution < 1.29 is 4.39 Å². The van der Waals surface area contributed by atoms with E-state index in [1.165, 1.54) is 12.1 Å². The smallest absolute Gasteiger partial charge is 0.165 e. The molecule has 7 heteroatoms. The molecule has 1 aromatic carbocycles. The molecule has 1 aliphatic rings. The van der Waals surface area contributed by atoms with Gasteiger partial charge in [-0.2, -0.15) is 9.61 Å². The van der Waals surface area contributed by atoms with Crippen molar-refractivity contribution in [3.63, 3.8) is 0 Å². The van der Waals surface area contributed by atoms with Gasteiger partial charge in [0.2, 0.25) is 0 Å². The zero-order valence-corrected chi connectivity index (χ0v) is 16.2. The topological polar surface area (TPSA) is 49.6 Å². The predicted octanol–water partition coefficient (Wildman–Crippen LogP) is 3.57. The molecule has 0 aliphatic carbocycles. The summed E-state index contributed by atoms with van der Waals surface area (Å²) in [6, 6.07) is 14.5. The Bertz CT molecular complexity index is 1130. The van der Waals surface area contributed by atoms with Crippen LogP contribution in [0, 0.1) is 12.7 Å². The van der Waals surface area contributed by atoms with Gasteiger partial charge in [0.15, 0.2) is 5.65 Å². The molecule has 4 heterocycles. The second-order valence-corrected chi connectivity index (χ2v) is 7.22. The zero-order chi connectivity index (χ0) is 19.8. The highest BCUT2D eigenvalue weighted by molar-refractivity contribution is 5.78. The minimum atomic E-state index is -0.249. The lowest BCUT2D eigenvalue weighted by Gasteiger charge is -2.36. The molecule has 3 aromatic heterocycles. The van der Waals surface area contributed by atoms with Gasteiger partial charge in [0.05, 0.1) is 6.20 Å². The van der Waals surface area contributed by atoms with Crippen LogP contribution in [0.1, 0.15) is 5.69 Å². The first-order valence-electron chi connectivity index (χ1n) is 9.71. The van der Waals surface area contributed by atoms with E-state index in [-0.39, 0.29) is 5.82 Å². The van der Waals surface area contributed by atoms with E-state index in [1.54, 1.807) is 12.1 Å². The SMILES string of the molecule is Cc1cc(N2CCN(c3ccccn3)CC2)n2ncc(-c3ccc(F)cc3)c2n1. The summed E-state index contributed by atoms with van der Waals surface area (Å²) >= 11 is 0. The Morgan fingerprint density at radius 1 is 0.931 bits per heavy atom. The Morgan fingerprint density at radius 3 is 2.41 bits per heavy atom. The van der Waals surface area contributed by atoms with Crippen molar-refractivity contribution in [1.29, 1.82) is 0 Å². The van der Waals surface area contributed by atoms with E-state index >= 15 is 0 Å². The van der Waals surface area contributed by atoms with Crippen molar-refractivity contribution in [2.24, 2.45) is 0 Å². The maximum atomic E-state index is 13.3. The van der Waals surface area contributed by atoms with Crippen LogP contribution in [0.3, 0.4) is 0 Å². The maximum Gasteiger partial charge on any atom is 0.165 e. The van der Waals surface area contributed by atoms with Crippen molar-refractivity contribution in [3.05, 3.63) is 72.4 Å². The first kappa shape index (κ1) is 17.6. The fraction of sp³-hybridized carbons (Fsp3) is 0.227. The molecule has 1 saturated heterocycles. The van der Waals surface area contributed by atoms with Crippen LogP contribution in [0.25, 0.3) is 16.8 Å². The molecule has 1 fully saturated rings. The zero-order valence-electron chi connectivity index (χ0n) is 16.2. The molecule has 29 heavy (non-hydrogen) atoms. The number of halogens is 1. The number of hydrogen-bond donors (Lipinski definition) is 0. The largest absolute Gasteiger partial charge is 0.353 e. The monoisotopic (exact) mass is 388 g/mol. The summed E-state index contributed by atoms with van der Waals surface area (Å²) in [5.41, 5.74) is 3.54. The summed E-state index contributed by atoms with van der Waals surface area (Å²) in [4.78, 5) is 13.8. The minimum absolute atomic E-state index is 0.249. The van der Waals surface area contributed by atoms with E-state index in [0.29, 0.717) is 0 Å². The van der Waals surface area contributed by atoms with Gasteiger partial charge in [0.25, 0.3) is 0 Å². The van der Waals surface area contributed by atoms with Crippen LogP contribution in [0.2, 0.25) is 0 Å². The van der Waals surface area contributed by atoms with Gasteiger partial charge in [0.1, 0.15) is 17.5 Å². The van der Waals surface area contributed by atoms with Gasteiger partial charge in [-0.25, -0.2) is 14.4 Å². The van der Waals surface area contributed by atoms with E-state index in [9.17, 15) is 4.39 Å². The Morgan fingerprint density at radius 2 is 1.69 bits per heavy atom. The normalized spacial score (nSPS) is 14.6. The minimum Gasteiger partial charge on any atom is -0.353 e. The summed E-state index contributed by atoms with van der Waals surface area (Å²) in [5.74, 6) is 1.79. The molecule has 1 aliphatic heterocycles. The number of piperazine rings is 1. The molecule has 0 saturated carbocycles. The van der Waals surface area contributed by atoms with E-state index < -0.39 is 0 Å². The summed E-state index contributed by atoms with van der Waals surface area (Å²) in [6.45, 7) is 5.54. The van der Waals surface area contributed by atoms with Crippen LogP contribution < -0.4 is 9.80 Å². The van der Waals surface area contributed by atoms with Gasteiger partial charge < -0.3 is 9.80 Å². The van der Waals surface area contributed by atoms with Crippen LogP contribution in [0.4, 0.5) is 16.0 Å². The number of fused-ring (bicyclic) bond motifs is 1. The van der Waals surface area contributed by atoms with E-state index in [4.69, 9.17) is 4.98 Å². The average molecular weight is 388 g/mol. The summed E-state index contributed by atoms with van der Waals surface area (Å²) in [5, 5.41) is 4.60. The summed E-state index contributed by atoms with van der Waals surface area (Å²) in [7, 11) is 0. The van der Waals surface area contributed by atoms with Crippen LogP contribution >= 0.6 is 0 Å². The summed E-state index contributed by atoms with van der Waals surface area (Å²) in [6.07, 6.45) is 3.64. The molecular weight excluding hydrogens is 367 g/mol. The molecule has 0 N–H and O–H groups in total.